The van der Waals surface area contributed by atoms with E-state index >= 15 is 0 Å². The Morgan fingerprint density at radius 2 is 1.93 bits per heavy atom. The molecule has 1 N–H and O–H groups in total. The van der Waals surface area contributed by atoms with Crippen LogP contribution in [0.3, 0.4) is 0 Å². The second kappa shape index (κ2) is 8.10. The Hall–Kier alpha value is -2.87. The van der Waals surface area contributed by atoms with Gasteiger partial charge in [0.25, 0.3) is 5.56 Å². The number of nitrogens with one attached hydrogen (secondary N) is 1. The summed E-state index contributed by atoms with van der Waals surface area (Å²) in [5.74, 6) is 1.05. The highest BCUT2D eigenvalue weighted by Gasteiger charge is 2.20. The van der Waals surface area contributed by atoms with Crippen molar-refractivity contribution in [3.63, 3.8) is 0 Å². The van der Waals surface area contributed by atoms with Crippen LogP contribution in [0.25, 0.3) is 11.2 Å². The molecule has 1 fully saturated rings. The summed E-state index contributed by atoms with van der Waals surface area (Å²) in [5.41, 5.74) is 5.01. The van der Waals surface area contributed by atoms with Crippen LogP contribution in [0.4, 0.5) is 5.95 Å². The van der Waals surface area contributed by atoms with Crippen LogP contribution < -0.4 is 16.7 Å². The number of hydrazone groups is 1. The maximum atomic E-state index is 12.9. The van der Waals surface area contributed by atoms with Gasteiger partial charge in [0.2, 0.25) is 5.95 Å². The minimum Gasteiger partial charge on any atom is -0.298 e. The summed E-state index contributed by atoms with van der Waals surface area (Å²) in [7, 11) is 3.09. The van der Waals surface area contributed by atoms with Gasteiger partial charge in [-0.25, -0.2) is 10.2 Å². The highest BCUT2D eigenvalue weighted by molar-refractivity contribution is 6.30. The van der Waals surface area contributed by atoms with E-state index in [1.165, 1.54) is 18.0 Å². The number of aryl methyl sites for hydroxylation is 1. The molecule has 30 heavy (non-hydrogen) atoms. The highest BCUT2D eigenvalue weighted by atomic mass is 35.5. The summed E-state index contributed by atoms with van der Waals surface area (Å²) >= 11 is 6.01. The molecule has 1 atom stereocenters. The van der Waals surface area contributed by atoms with Crippen molar-refractivity contribution in [2.75, 3.05) is 5.43 Å². The molecule has 0 spiro atoms. The summed E-state index contributed by atoms with van der Waals surface area (Å²) in [5, 5.41) is 5.23. The molecule has 0 saturated heterocycles. The van der Waals surface area contributed by atoms with Crippen LogP contribution in [0, 0.1) is 5.92 Å². The van der Waals surface area contributed by atoms with E-state index in [0.29, 0.717) is 34.6 Å². The minimum absolute atomic E-state index is 0.330. The molecule has 0 aliphatic heterocycles. The number of hydrogen-bond donors (Lipinski definition) is 1. The number of anilines is 1. The van der Waals surface area contributed by atoms with E-state index in [1.54, 1.807) is 23.7 Å². The Morgan fingerprint density at radius 1 is 1.20 bits per heavy atom. The zero-order chi connectivity index (χ0) is 21.4. The van der Waals surface area contributed by atoms with Crippen molar-refractivity contribution in [1.82, 2.24) is 18.7 Å². The van der Waals surface area contributed by atoms with Gasteiger partial charge in [-0.3, -0.25) is 18.5 Å². The molecular formula is C21H25ClN6O2. The SMILES string of the molecule is C[C@H]1CCC/C(=N/Nc2nc3c(c(=O)n(C)c(=O)n3C)n2Cc2ccc(Cl)cc2)C1. The van der Waals surface area contributed by atoms with Crippen LogP contribution in [0.5, 0.6) is 0 Å². The lowest BCUT2D eigenvalue weighted by molar-refractivity contribution is 0.500. The van der Waals surface area contributed by atoms with Gasteiger partial charge in [0.05, 0.1) is 6.54 Å². The standard InChI is InChI=1S/C21H25ClN6O2/c1-13-5-4-6-16(11-13)24-25-20-23-18-17(19(29)27(3)21(30)26(18)2)28(20)12-14-7-9-15(22)10-8-14/h7-10,13H,4-6,11-12H2,1-3H3,(H,23,25)/b24-16-/t13-/m0/s1. The molecule has 2 heterocycles. The summed E-state index contributed by atoms with van der Waals surface area (Å²) < 4.78 is 4.26. The largest absolute Gasteiger partial charge is 0.332 e. The fourth-order valence-electron chi connectivity index (χ4n) is 3.95. The topological polar surface area (TPSA) is 86.2 Å². The third kappa shape index (κ3) is 3.79. The molecule has 0 radical (unpaired) electrons. The third-order valence-corrected chi connectivity index (χ3v) is 5.91. The molecule has 2 aromatic heterocycles. The number of aromatic nitrogens is 4. The maximum Gasteiger partial charge on any atom is 0.332 e. The van der Waals surface area contributed by atoms with Crippen LogP contribution in [0.2, 0.25) is 5.02 Å². The third-order valence-electron chi connectivity index (χ3n) is 5.66. The van der Waals surface area contributed by atoms with Gasteiger partial charge in [-0.15, -0.1) is 0 Å². The van der Waals surface area contributed by atoms with Gasteiger partial charge in [-0.05, 0) is 49.3 Å². The lowest BCUT2D eigenvalue weighted by atomic mass is 9.89. The number of rotatable bonds is 4. The number of nitrogens with zero attached hydrogens (tertiary/aromatic N) is 5. The molecule has 0 bridgehead atoms. The van der Waals surface area contributed by atoms with E-state index in [0.717, 1.165) is 35.1 Å². The predicted octanol–water partition coefficient (Wildman–Crippen LogP) is 3.11. The molecule has 8 nitrogen and oxygen atoms in total. The first-order valence-electron chi connectivity index (χ1n) is 10.1. The van der Waals surface area contributed by atoms with Gasteiger partial charge >= 0.3 is 5.69 Å². The van der Waals surface area contributed by atoms with Crippen LogP contribution in [-0.2, 0) is 20.6 Å². The normalized spacial score (nSPS) is 18.3. The first-order chi connectivity index (χ1) is 14.3. The van der Waals surface area contributed by atoms with Crippen molar-refractivity contribution in [1.29, 1.82) is 0 Å². The van der Waals surface area contributed by atoms with E-state index in [9.17, 15) is 9.59 Å². The number of imidazole rings is 1. The summed E-state index contributed by atoms with van der Waals surface area (Å²) in [6.07, 6.45) is 4.24. The lowest BCUT2D eigenvalue weighted by Gasteiger charge is -2.19. The van der Waals surface area contributed by atoms with Gasteiger partial charge in [0.15, 0.2) is 11.2 Å². The Balaban J connectivity index is 1.83. The summed E-state index contributed by atoms with van der Waals surface area (Å²) in [6, 6.07) is 7.42. The predicted molar refractivity (Wildman–Crippen MR) is 119 cm³/mol. The van der Waals surface area contributed by atoms with Gasteiger partial charge in [0, 0.05) is 24.8 Å². The number of halogens is 1. The molecule has 1 saturated carbocycles. The number of benzene rings is 1. The van der Waals surface area contributed by atoms with Crippen molar-refractivity contribution in [2.45, 2.75) is 39.2 Å². The average molecular weight is 429 g/mol. The second-order valence-corrected chi connectivity index (χ2v) is 8.45. The van der Waals surface area contributed by atoms with Crippen molar-refractivity contribution in [3.05, 3.63) is 55.7 Å². The van der Waals surface area contributed by atoms with Gasteiger partial charge in [-0.1, -0.05) is 30.7 Å². The molecule has 3 aromatic rings. The van der Waals surface area contributed by atoms with Gasteiger partial charge in [-0.2, -0.15) is 10.1 Å². The van der Waals surface area contributed by atoms with Crippen molar-refractivity contribution < 1.29 is 0 Å². The average Bonchev–Trinajstić information content (AvgIpc) is 3.09. The zero-order valence-electron chi connectivity index (χ0n) is 17.4. The molecule has 4 rings (SSSR count). The highest BCUT2D eigenvalue weighted by Crippen LogP contribution is 2.23. The van der Waals surface area contributed by atoms with Crippen LogP contribution in [0.15, 0.2) is 39.0 Å². The summed E-state index contributed by atoms with van der Waals surface area (Å²) in [4.78, 5) is 29.9. The second-order valence-electron chi connectivity index (χ2n) is 8.02. The molecule has 0 unspecified atom stereocenters. The molecule has 1 aliphatic rings. The van der Waals surface area contributed by atoms with Gasteiger partial charge < -0.3 is 0 Å². The molecule has 0 amide bonds. The Labute approximate surface area is 178 Å². The quantitative estimate of drug-likeness (QED) is 0.647. The van der Waals surface area contributed by atoms with Crippen LogP contribution in [0.1, 0.15) is 38.2 Å². The first-order valence-corrected chi connectivity index (χ1v) is 10.4. The van der Waals surface area contributed by atoms with E-state index in [4.69, 9.17) is 11.6 Å². The van der Waals surface area contributed by atoms with E-state index in [-0.39, 0.29) is 5.56 Å². The fraction of sp³-hybridized carbons (Fsp3) is 0.429. The molecule has 1 aromatic carbocycles. The first kappa shape index (κ1) is 20.4. The fourth-order valence-corrected chi connectivity index (χ4v) is 4.08. The summed E-state index contributed by atoms with van der Waals surface area (Å²) in [6.45, 7) is 2.62. The zero-order valence-corrected chi connectivity index (χ0v) is 18.1. The Morgan fingerprint density at radius 3 is 2.63 bits per heavy atom. The van der Waals surface area contributed by atoms with Crippen molar-refractivity contribution in [3.8, 4) is 0 Å². The smallest absolute Gasteiger partial charge is 0.298 e. The van der Waals surface area contributed by atoms with Crippen molar-refractivity contribution in [2.24, 2.45) is 25.1 Å². The lowest BCUT2D eigenvalue weighted by Crippen LogP contribution is -2.37. The Kier molecular flexibility index (Phi) is 5.51. The van der Waals surface area contributed by atoms with E-state index in [1.807, 2.05) is 12.1 Å². The Bertz CT molecular complexity index is 1240. The number of hydrogen-bond acceptors (Lipinski definition) is 5. The van der Waals surface area contributed by atoms with Crippen molar-refractivity contribution >= 4 is 34.4 Å². The maximum absolute atomic E-state index is 12.9. The molecular weight excluding hydrogens is 404 g/mol. The minimum atomic E-state index is -0.414. The van der Waals surface area contributed by atoms with Gasteiger partial charge in [0.1, 0.15) is 0 Å². The van der Waals surface area contributed by atoms with E-state index < -0.39 is 5.69 Å². The van der Waals surface area contributed by atoms with Crippen LogP contribution in [-0.4, -0.2) is 24.4 Å². The molecule has 1 aliphatic carbocycles. The monoisotopic (exact) mass is 428 g/mol. The molecule has 9 heteroatoms. The number of fused-ring (bicyclic) bond motifs is 1. The molecule has 158 valence electrons. The van der Waals surface area contributed by atoms with E-state index in [2.05, 4.69) is 22.4 Å². The van der Waals surface area contributed by atoms with Crippen LogP contribution >= 0.6 is 11.6 Å².